The molecule has 3 heteroatoms. The summed E-state index contributed by atoms with van der Waals surface area (Å²) in [5.41, 5.74) is 6.21. The van der Waals surface area contributed by atoms with E-state index in [1.165, 1.54) is 32.1 Å². The van der Waals surface area contributed by atoms with E-state index in [9.17, 15) is 0 Å². The number of ether oxygens (including phenoxy) is 2. The van der Waals surface area contributed by atoms with Crippen molar-refractivity contribution in [3.05, 3.63) is 0 Å². The van der Waals surface area contributed by atoms with Gasteiger partial charge < -0.3 is 15.2 Å². The molecule has 1 rings (SSSR count). The lowest BCUT2D eigenvalue weighted by Gasteiger charge is -2.32. The lowest BCUT2D eigenvalue weighted by molar-refractivity contribution is -0.157. The Morgan fingerprint density at radius 3 is 2.07 bits per heavy atom. The fourth-order valence-electron chi connectivity index (χ4n) is 2.34. The van der Waals surface area contributed by atoms with Crippen molar-refractivity contribution in [3.8, 4) is 0 Å². The Labute approximate surface area is 93.3 Å². The molecule has 0 aromatic heterocycles. The summed E-state index contributed by atoms with van der Waals surface area (Å²) in [4.78, 5) is 0. The van der Waals surface area contributed by atoms with Gasteiger partial charge in [-0.25, -0.2) is 0 Å². The topological polar surface area (TPSA) is 44.5 Å². The highest BCUT2D eigenvalue weighted by Gasteiger charge is 2.28. The van der Waals surface area contributed by atoms with Crippen LogP contribution in [0.5, 0.6) is 0 Å². The van der Waals surface area contributed by atoms with E-state index in [-0.39, 0.29) is 12.3 Å². The predicted molar refractivity (Wildman–Crippen MR) is 61.6 cm³/mol. The molecule has 0 heterocycles. The SMILES string of the molecule is CCOC(OCC)[C@H](N)C1CCCCC1. The fraction of sp³-hybridized carbons (Fsp3) is 1.00. The van der Waals surface area contributed by atoms with E-state index in [4.69, 9.17) is 15.2 Å². The standard InChI is InChI=1S/C12H25NO2/c1-3-14-12(15-4-2)11(13)10-8-6-5-7-9-10/h10-12H,3-9,13H2,1-2H3/t11-/m1/s1. The number of hydrogen-bond donors (Lipinski definition) is 1. The van der Waals surface area contributed by atoms with Crippen molar-refractivity contribution in [1.82, 2.24) is 0 Å². The van der Waals surface area contributed by atoms with Crippen LogP contribution in [-0.2, 0) is 9.47 Å². The lowest BCUT2D eigenvalue weighted by atomic mass is 9.84. The minimum Gasteiger partial charge on any atom is -0.351 e. The molecule has 1 aliphatic rings. The zero-order chi connectivity index (χ0) is 11.1. The summed E-state index contributed by atoms with van der Waals surface area (Å²) in [5, 5.41) is 0. The number of rotatable bonds is 6. The maximum Gasteiger partial charge on any atom is 0.172 e. The first-order valence-electron chi connectivity index (χ1n) is 6.28. The molecule has 0 spiro atoms. The van der Waals surface area contributed by atoms with Gasteiger partial charge >= 0.3 is 0 Å². The molecule has 0 bridgehead atoms. The Morgan fingerprint density at radius 2 is 1.60 bits per heavy atom. The van der Waals surface area contributed by atoms with Gasteiger partial charge in [0.15, 0.2) is 6.29 Å². The molecule has 1 aliphatic carbocycles. The Hall–Kier alpha value is -0.120. The van der Waals surface area contributed by atoms with Crippen LogP contribution in [-0.4, -0.2) is 25.5 Å². The van der Waals surface area contributed by atoms with Crippen LogP contribution in [0.1, 0.15) is 46.0 Å². The van der Waals surface area contributed by atoms with E-state index in [1.54, 1.807) is 0 Å². The number of hydrogen-bond acceptors (Lipinski definition) is 3. The molecule has 0 aliphatic heterocycles. The zero-order valence-electron chi connectivity index (χ0n) is 10.1. The zero-order valence-corrected chi connectivity index (χ0v) is 10.1. The second kappa shape index (κ2) is 7.20. The average Bonchev–Trinajstić information content (AvgIpc) is 2.29. The van der Waals surface area contributed by atoms with Gasteiger partial charge in [0.25, 0.3) is 0 Å². The Morgan fingerprint density at radius 1 is 1.07 bits per heavy atom. The van der Waals surface area contributed by atoms with Crippen LogP contribution in [0.4, 0.5) is 0 Å². The van der Waals surface area contributed by atoms with Gasteiger partial charge in [0, 0.05) is 13.2 Å². The summed E-state index contributed by atoms with van der Waals surface area (Å²) in [7, 11) is 0. The molecule has 15 heavy (non-hydrogen) atoms. The number of nitrogens with two attached hydrogens (primary N) is 1. The summed E-state index contributed by atoms with van der Waals surface area (Å²) in [6, 6.07) is 0.0465. The third-order valence-corrected chi connectivity index (χ3v) is 3.17. The molecule has 0 unspecified atom stereocenters. The van der Waals surface area contributed by atoms with E-state index >= 15 is 0 Å². The van der Waals surface area contributed by atoms with Crippen LogP contribution in [0, 0.1) is 5.92 Å². The molecule has 1 atom stereocenters. The first-order valence-corrected chi connectivity index (χ1v) is 6.28. The summed E-state index contributed by atoms with van der Waals surface area (Å²) >= 11 is 0. The summed E-state index contributed by atoms with van der Waals surface area (Å²) in [6.45, 7) is 5.31. The first kappa shape index (κ1) is 12.9. The summed E-state index contributed by atoms with van der Waals surface area (Å²) < 4.78 is 11.1. The molecular formula is C12H25NO2. The van der Waals surface area contributed by atoms with E-state index in [0.717, 1.165) is 0 Å². The largest absolute Gasteiger partial charge is 0.351 e. The molecule has 0 saturated heterocycles. The summed E-state index contributed by atoms with van der Waals surface area (Å²) in [6.07, 6.45) is 6.24. The van der Waals surface area contributed by atoms with Gasteiger partial charge in [-0.3, -0.25) is 0 Å². The molecule has 0 aromatic carbocycles. The predicted octanol–water partition coefficient (Wildman–Crippen LogP) is 2.29. The van der Waals surface area contributed by atoms with Gasteiger partial charge in [-0.1, -0.05) is 19.3 Å². The van der Waals surface area contributed by atoms with E-state index < -0.39 is 0 Å². The normalized spacial score (nSPS) is 20.8. The van der Waals surface area contributed by atoms with Crippen LogP contribution in [0.3, 0.4) is 0 Å². The van der Waals surface area contributed by atoms with Crippen molar-refractivity contribution in [3.63, 3.8) is 0 Å². The minimum absolute atomic E-state index is 0.0465. The molecule has 0 radical (unpaired) electrons. The molecule has 3 nitrogen and oxygen atoms in total. The smallest absolute Gasteiger partial charge is 0.172 e. The highest BCUT2D eigenvalue weighted by molar-refractivity contribution is 4.79. The van der Waals surface area contributed by atoms with Crippen molar-refractivity contribution < 1.29 is 9.47 Å². The fourth-order valence-corrected chi connectivity index (χ4v) is 2.34. The molecule has 0 amide bonds. The van der Waals surface area contributed by atoms with Crippen LogP contribution in [0.15, 0.2) is 0 Å². The minimum atomic E-state index is -0.205. The third-order valence-electron chi connectivity index (χ3n) is 3.17. The van der Waals surface area contributed by atoms with E-state index in [1.807, 2.05) is 13.8 Å². The van der Waals surface area contributed by atoms with Crippen LogP contribution < -0.4 is 5.73 Å². The monoisotopic (exact) mass is 215 g/mol. The Kier molecular flexibility index (Phi) is 6.22. The second-order valence-electron chi connectivity index (χ2n) is 4.25. The van der Waals surface area contributed by atoms with E-state index in [2.05, 4.69) is 0 Å². The molecule has 1 fully saturated rings. The van der Waals surface area contributed by atoms with Crippen molar-refractivity contribution >= 4 is 0 Å². The Balaban J connectivity index is 2.41. The van der Waals surface area contributed by atoms with Crippen LogP contribution in [0.2, 0.25) is 0 Å². The molecule has 0 aromatic rings. The highest BCUT2D eigenvalue weighted by atomic mass is 16.7. The van der Waals surface area contributed by atoms with Crippen LogP contribution >= 0.6 is 0 Å². The van der Waals surface area contributed by atoms with Crippen molar-refractivity contribution in [2.45, 2.75) is 58.3 Å². The van der Waals surface area contributed by atoms with Gasteiger partial charge in [-0.15, -0.1) is 0 Å². The molecule has 90 valence electrons. The van der Waals surface area contributed by atoms with Crippen molar-refractivity contribution in [2.75, 3.05) is 13.2 Å². The van der Waals surface area contributed by atoms with Crippen molar-refractivity contribution in [1.29, 1.82) is 0 Å². The van der Waals surface area contributed by atoms with Gasteiger partial charge in [0.1, 0.15) is 0 Å². The van der Waals surface area contributed by atoms with E-state index in [0.29, 0.717) is 19.1 Å². The maximum atomic E-state index is 6.21. The quantitative estimate of drug-likeness (QED) is 0.691. The van der Waals surface area contributed by atoms with Gasteiger partial charge in [-0.2, -0.15) is 0 Å². The summed E-state index contributed by atoms with van der Waals surface area (Å²) in [5.74, 6) is 0.585. The molecular weight excluding hydrogens is 190 g/mol. The molecule has 1 saturated carbocycles. The lowest BCUT2D eigenvalue weighted by Crippen LogP contribution is -2.45. The third kappa shape index (κ3) is 4.09. The van der Waals surface area contributed by atoms with Crippen molar-refractivity contribution in [2.24, 2.45) is 11.7 Å². The molecule has 2 N–H and O–H groups in total. The van der Waals surface area contributed by atoms with Gasteiger partial charge in [0.05, 0.1) is 6.04 Å². The average molecular weight is 215 g/mol. The second-order valence-corrected chi connectivity index (χ2v) is 4.25. The Bertz CT molecular complexity index is 152. The van der Waals surface area contributed by atoms with Gasteiger partial charge in [-0.05, 0) is 32.6 Å². The van der Waals surface area contributed by atoms with Crippen LogP contribution in [0.25, 0.3) is 0 Å². The van der Waals surface area contributed by atoms with Gasteiger partial charge in [0.2, 0.25) is 0 Å². The first-order chi connectivity index (χ1) is 7.29. The highest BCUT2D eigenvalue weighted by Crippen LogP contribution is 2.27. The maximum absolute atomic E-state index is 6.21.